The monoisotopic (exact) mass is 628 g/mol. The molecule has 12 nitrogen and oxygen atoms in total. The summed E-state index contributed by atoms with van der Waals surface area (Å²) in [5.41, 5.74) is 2.70. The Balaban J connectivity index is 1.09. The predicted octanol–water partition coefficient (Wildman–Crippen LogP) is 4.47. The Morgan fingerprint density at radius 2 is 1.46 bits per heavy atom. The van der Waals surface area contributed by atoms with Gasteiger partial charge in [0.05, 0.1) is 19.3 Å². The molecule has 12 heteroatoms. The van der Waals surface area contributed by atoms with Crippen molar-refractivity contribution in [2.75, 3.05) is 75.7 Å². The maximum Gasteiger partial charge on any atom is 0.323 e. The predicted molar refractivity (Wildman–Crippen MR) is 177 cm³/mol. The minimum absolute atomic E-state index is 0.0259. The summed E-state index contributed by atoms with van der Waals surface area (Å²) >= 11 is 0. The van der Waals surface area contributed by atoms with Crippen LogP contribution in [-0.4, -0.2) is 109 Å². The molecule has 3 saturated heterocycles. The Hall–Kier alpha value is -4.13. The number of piperidine rings is 1. The summed E-state index contributed by atoms with van der Waals surface area (Å²) in [4.78, 5) is 46.8. The molecule has 2 N–H and O–H groups in total. The van der Waals surface area contributed by atoms with Gasteiger partial charge in [-0.15, -0.1) is 0 Å². The van der Waals surface area contributed by atoms with Crippen LogP contribution in [-0.2, 0) is 9.47 Å². The normalized spacial score (nSPS) is 19.7. The van der Waals surface area contributed by atoms with Gasteiger partial charge in [0, 0.05) is 67.3 Å². The van der Waals surface area contributed by atoms with Crippen LogP contribution in [0.4, 0.5) is 22.1 Å². The van der Waals surface area contributed by atoms with E-state index in [2.05, 4.69) is 41.5 Å². The third-order valence-electron chi connectivity index (χ3n) is 9.12. The number of hydrogen-bond acceptors (Lipinski definition) is 9. The number of ether oxygens (including phenoxy) is 2. The highest BCUT2D eigenvalue weighted by atomic mass is 16.5. The van der Waals surface area contributed by atoms with Gasteiger partial charge in [-0.1, -0.05) is 0 Å². The fourth-order valence-electron chi connectivity index (χ4n) is 6.26. The number of amides is 3. The average molecular weight is 629 g/mol. The Morgan fingerprint density at radius 1 is 0.804 bits per heavy atom. The zero-order valence-corrected chi connectivity index (χ0v) is 26.9. The van der Waals surface area contributed by atoms with Crippen molar-refractivity contribution in [3.8, 4) is 11.4 Å². The molecule has 2 aromatic carbocycles. The van der Waals surface area contributed by atoms with Crippen LogP contribution in [0.1, 0.15) is 54.7 Å². The van der Waals surface area contributed by atoms with Crippen molar-refractivity contribution in [3.63, 3.8) is 0 Å². The van der Waals surface area contributed by atoms with E-state index in [0.29, 0.717) is 61.2 Å². The largest absolute Gasteiger partial charge is 0.381 e. The quantitative estimate of drug-likeness (QED) is 0.390. The van der Waals surface area contributed by atoms with E-state index in [0.717, 1.165) is 56.7 Å². The van der Waals surface area contributed by atoms with E-state index in [1.165, 1.54) is 0 Å². The second-order valence-corrected chi connectivity index (χ2v) is 12.5. The van der Waals surface area contributed by atoms with Crippen molar-refractivity contribution in [2.24, 2.45) is 0 Å². The maximum absolute atomic E-state index is 13.0. The number of urea groups is 1. The number of hydrogen-bond donors (Lipinski definition) is 2. The molecule has 0 radical (unpaired) electrons. The van der Waals surface area contributed by atoms with Gasteiger partial charge in [-0.2, -0.15) is 9.97 Å². The van der Waals surface area contributed by atoms with Gasteiger partial charge in [0.25, 0.3) is 5.91 Å². The smallest absolute Gasteiger partial charge is 0.323 e. The molecule has 3 aliphatic heterocycles. The van der Waals surface area contributed by atoms with Crippen LogP contribution in [0.25, 0.3) is 11.4 Å². The molecule has 4 heterocycles. The average Bonchev–Trinajstić information content (AvgIpc) is 3.09. The third kappa shape index (κ3) is 7.63. The van der Waals surface area contributed by atoms with E-state index in [-0.39, 0.29) is 23.9 Å². The Bertz CT molecular complexity index is 1490. The number of anilines is 3. The molecule has 0 unspecified atom stereocenters. The lowest BCUT2D eigenvalue weighted by Gasteiger charge is -2.35. The van der Waals surface area contributed by atoms with Gasteiger partial charge in [-0.05, 0) is 95.2 Å². The zero-order valence-electron chi connectivity index (χ0n) is 26.9. The van der Waals surface area contributed by atoms with Crippen molar-refractivity contribution in [2.45, 2.75) is 50.6 Å². The fraction of sp³-hybridized carbons (Fsp3) is 0.500. The lowest BCUT2D eigenvalue weighted by atomic mass is 9.99. The van der Waals surface area contributed by atoms with Crippen molar-refractivity contribution in [1.29, 1.82) is 0 Å². The van der Waals surface area contributed by atoms with Crippen molar-refractivity contribution in [1.82, 2.24) is 24.8 Å². The Labute approximate surface area is 270 Å². The summed E-state index contributed by atoms with van der Waals surface area (Å²) in [5.74, 6) is 2.33. The van der Waals surface area contributed by atoms with Crippen LogP contribution < -0.4 is 15.5 Å². The zero-order chi connectivity index (χ0) is 32.0. The minimum atomic E-state index is -0.372. The van der Waals surface area contributed by atoms with E-state index in [9.17, 15) is 9.59 Å². The Kier molecular flexibility index (Phi) is 10.1. The molecule has 0 spiro atoms. The molecule has 3 aliphatic rings. The molecule has 3 amide bonds. The molecule has 46 heavy (non-hydrogen) atoms. The van der Waals surface area contributed by atoms with Crippen LogP contribution >= 0.6 is 0 Å². The van der Waals surface area contributed by atoms with Crippen molar-refractivity contribution >= 4 is 29.3 Å². The topological polar surface area (TPSA) is 125 Å². The molecule has 0 bridgehead atoms. The van der Waals surface area contributed by atoms with E-state index in [1.54, 1.807) is 24.3 Å². The number of aromatic nitrogens is 3. The highest BCUT2D eigenvalue weighted by molar-refractivity contribution is 6.00. The van der Waals surface area contributed by atoms with Gasteiger partial charge in [0.15, 0.2) is 5.82 Å². The van der Waals surface area contributed by atoms with Gasteiger partial charge in [-0.3, -0.25) is 4.79 Å². The molecule has 6 rings (SSSR count). The van der Waals surface area contributed by atoms with Crippen LogP contribution in [0.5, 0.6) is 0 Å². The number of carbonyl (C=O) groups is 2. The van der Waals surface area contributed by atoms with Crippen LogP contribution in [0.3, 0.4) is 0 Å². The van der Waals surface area contributed by atoms with Gasteiger partial charge < -0.3 is 34.8 Å². The number of nitrogens with zero attached hydrogens (tertiary/aromatic N) is 6. The first-order chi connectivity index (χ1) is 22.3. The molecule has 1 aromatic heterocycles. The first kappa shape index (κ1) is 31.8. The summed E-state index contributed by atoms with van der Waals surface area (Å²) in [7, 11) is 4.17. The minimum Gasteiger partial charge on any atom is -0.381 e. The third-order valence-corrected chi connectivity index (χ3v) is 9.12. The SMILES string of the molecule is C[C@@H]1COCCN1c1nc(-c2ccc(NC(=O)Nc3ccc(C(=O)N4CCC(N(C)C)CC4)cc3)cc2)nc(C2CCOCC2)n1. The summed E-state index contributed by atoms with van der Waals surface area (Å²) in [5, 5.41) is 5.74. The van der Waals surface area contributed by atoms with E-state index in [4.69, 9.17) is 24.4 Å². The van der Waals surface area contributed by atoms with Crippen LogP contribution in [0, 0.1) is 0 Å². The summed E-state index contributed by atoms with van der Waals surface area (Å²) < 4.78 is 11.2. The maximum atomic E-state index is 13.0. The van der Waals surface area contributed by atoms with Gasteiger partial charge in [-0.25, -0.2) is 9.78 Å². The fourth-order valence-corrected chi connectivity index (χ4v) is 6.26. The first-order valence-corrected chi connectivity index (χ1v) is 16.3. The Morgan fingerprint density at radius 3 is 2.09 bits per heavy atom. The van der Waals surface area contributed by atoms with Gasteiger partial charge in [0.2, 0.25) is 5.95 Å². The first-order valence-electron chi connectivity index (χ1n) is 16.3. The molecule has 3 fully saturated rings. The van der Waals surface area contributed by atoms with Crippen molar-refractivity contribution < 1.29 is 19.1 Å². The summed E-state index contributed by atoms with van der Waals surface area (Å²) in [6.07, 6.45) is 3.71. The highest BCUT2D eigenvalue weighted by Gasteiger charge is 2.27. The lowest BCUT2D eigenvalue weighted by molar-refractivity contribution is 0.0663. The van der Waals surface area contributed by atoms with Gasteiger partial charge in [0.1, 0.15) is 5.82 Å². The van der Waals surface area contributed by atoms with E-state index < -0.39 is 0 Å². The molecular weight excluding hydrogens is 584 g/mol. The number of benzene rings is 2. The molecular formula is C34H44N8O4. The number of nitrogens with one attached hydrogen (secondary N) is 2. The number of carbonyl (C=O) groups excluding carboxylic acids is 2. The highest BCUT2D eigenvalue weighted by Crippen LogP contribution is 2.29. The van der Waals surface area contributed by atoms with Crippen molar-refractivity contribution in [3.05, 3.63) is 59.9 Å². The number of morpholine rings is 1. The molecule has 1 atom stereocenters. The summed E-state index contributed by atoms with van der Waals surface area (Å²) in [6, 6.07) is 14.8. The second-order valence-electron chi connectivity index (χ2n) is 12.5. The summed E-state index contributed by atoms with van der Waals surface area (Å²) in [6.45, 7) is 7.03. The second kappa shape index (κ2) is 14.5. The van der Waals surface area contributed by atoms with E-state index >= 15 is 0 Å². The molecule has 244 valence electrons. The number of likely N-dealkylation sites (tertiary alicyclic amines) is 1. The molecule has 0 aliphatic carbocycles. The number of rotatable bonds is 7. The van der Waals surface area contributed by atoms with Crippen LogP contribution in [0.15, 0.2) is 48.5 Å². The lowest BCUT2D eigenvalue weighted by Crippen LogP contribution is -2.44. The standard InChI is InChI=1S/C34H44N8O4/c1-23-22-46-21-18-42(23)33-38-30(37-31(39-33)25-14-19-45-20-15-25)24-4-8-27(9-5-24)35-34(44)36-28-10-6-26(7-11-28)32(43)41-16-12-29(13-17-41)40(2)3/h4-11,23,25,29H,12-22H2,1-3H3,(H2,35,36,44)/t23-/m1/s1. The molecule has 0 saturated carbocycles. The van der Waals surface area contributed by atoms with Gasteiger partial charge >= 0.3 is 6.03 Å². The van der Waals surface area contributed by atoms with E-state index in [1.807, 2.05) is 29.2 Å². The molecule has 3 aromatic rings. The van der Waals surface area contributed by atoms with Crippen LogP contribution in [0.2, 0.25) is 0 Å².